The number of benzene rings is 3. The van der Waals surface area contributed by atoms with Gasteiger partial charge in [0.15, 0.2) is 23.1 Å². The van der Waals surface area contributed by atoms with Gasteiger partial charge in [-0.15, -0.1) is 0 Å². The maximum Gasteiger partial charge on any atom is 0.355 e. The van der Waals surface area contributed by atoms with Crippen LogP contribution in [-0.4, -0.2) is 46.2 Å². The Morgan fingerprint density at radius 3 is 2.49 bits per heavy atom. The van der Waals surface area contributed by atoms with E-state index in [1.54, 1.807) is 26.2 Å². The van der Waals surface area contributed by atoms with E-state index < -0.39 is 11.8 Å². The first kappa shape index (κ1) is 27.0. The highest BCUT2D eigenvalue weighted by Gasteiger charge is 2.28. The molecular weight excluding hydrogens is 545 g/mol. The smallest absolute Gasteiger partial charge is 0.355 e. The van der Waals surface area contributed by atoms with Crippen molar-refractivity contribution in [2.45, 2.75) is 45.3 Å². The van der Waals surface area contributed by atoms with Crippen molar-refractivity contribution < 1.29 is 28.1 Å². The molecule has 0 radical (unpaired) electrons. The summed E-state index contributed by atoms with van der Waals surface area (Å²) >= 11 is 1.15. The van der Waals surface area contributed by atoms with Gasteiger partial charge in [-0.3, -0.25) is 0 Å². The summed E-state index contributed by atoms with van der Waals surface area (Å²) in [5.41, 5.74) is 4.63. The van der Waals surface area contributed by atoms with Gasteiger partial charge in [0.05, 0.1) is 44.2 Å². The van der Waals surface area contributed by atoms with Crippen LogP contribution in [0.2, 0.25) is 0 Å². The summed E-state index contributed by atoms with van der Waals surface area (Å²) in [7, 11) is 3.01. The van der Waals surface area contributed by atoms with Crippen LogP contribution in [0.4, 0.5) is 4.39 Å². The van der Waals surface area contributed by atoms with Crippen molar-refractivity contribution in [2.75, 3.05) is 20.8 Å². The standard InChI is InChI=1S/C31H30FN3O5S/c1-4-39-31(36)30-29(19-10-12-26(37-2)22(32)14-19)21-15-27(38-3)28(40-20-7-5-6-8-20)16-25(21)35(30)17-18-9-11-23-24(13-18)34-41-33-23/h9-16,20H,4-8,17H2,1-3H3. The fourth-order valence-electron chi connectivity index (χ4n) is 5.59. The first-order chi connectivity index (χ1) is 20.0. The molecule has 1 aliphatic carbocycles. The lowest BCUT2D eigenvalue weighted by Crippen LogP contribution is -2.14. The maximum absolute atomic E-state index is 15.0. The number of nitrogens with zero attached hydrogens (tertiary/aromatic N) is 3. The molecule has 212 valence electrons. The minimum Gasteiger partial charge on any atom is -0.494 e. The van der Waals surface area contributed by atoms with Crippen LogP contribution in [0, 0.1) is 5.82 Å². The Morgan fingerprint density at radius 1 is 0.976 bits per heavy atom. The summed E-state index contributed by atoms with van der Waals surface area (Å²) in [5, 5.41) is 0.713. The number of fused-ring (bicyclic) bond motifs is 2. The highest BCUT2D eigenvalue weighted by atomic mass is 32.1. The fourth-order valence-corrected chi connectivity index (χ4v) is 6.11. The molecule has 0 amide bonds. The van der Waals surface area contributed by atoms with E-state index in [-0.39, 0.29) is 18.5 Å². The van der Waals surface area contributed by atoms with E-state index in [0.29, 0.717) is 40.3 Å². The van der Waals surface area contributed by atoms with Gasteiger partial charge in [0.2, 0.25) is 0 Å². The molecule has 41 heavy (non-hydrogen) atoms. The van der Waals surface area contributed by atoms with Gasteiger partial charge in [0.1, 0.15) is 16.7 Å². The molecule has 0 unspecified atom stereocenters. The Kier molecular flexibility index (Phi) is 7.49. The third kappa shape index (κ3) is 5.08. The van der Waals surface area contributed by atoms with Crippen molar-refractivity contribution >= 4 is 39.6 Å². The predicted octanol–water partition coefficient (Wildman–Crippen LogP) is 7.02. The lowest BCUT2D eigenvalue weighted by molar-refractivity contribution is 0.0516. The number of carbonyl (C=O) groups is 1. The summed E-state index contributed by atoms with van der Waals surface area (Å²) in [6.45, 7) is 2.29. The van der Waals surface area contributed by atoms with E-state index in [1.807, 2.05) is 34.9 Å². The van der Waals surface area contributed by atoms with Gasteiger partial charge in [0, 0.05) is 23.6 Å². The molecule has 1 aliphatic rings. The average molecular weight is 576 g/mol. The number of esters is 1. The lowest BCUT2D eigenvalue weighted by atomic mass is 10.0. The van der Waals surface area contributed by atoms with Gasteiger partial charge in [-0.1, -0.05) is 12.1 Å². The van der Waals surface area contributed by atoms with E-state index >= 15 is 4.39 Å². The first-order valence-corrected chi connectivity index (χ1v) is 14.4. The largest absolute Gasteiger partial charge is 0.494 e. The average Bonchev–Trinajstić information content (AvgIpc) is 3.72. The molecule has 2 aromatic heterocycles. The molecule has 0 aliphatic heterocycles. The summed E-state index contributed by atoms with van der Waals surface area (Å²) in [6, 6.07) is 14.3. The summed E-state index contributed by atoms with van der Waals surface area (Å²) in [4.78, 5) is 13.7. The minimum absolute atomic E-state index is 0.101. The number of hydrogen-bond donors (Lipinski definition) is 0. The minimum atomic E-state index is -0.532. The van der Waals surface area contributed by atoms with E-state index in [1.165, 1.54) is 13.2 Å². The second-order valence-corrected chi connectivity index (χ2v) is 10.5. The Balaban J connectivity index is 1.61. The van der Waals surface area contributed by atoms with Crippen molar-refractivity contribution in [1.29, 1.82) is 0 Å². The van der Waals surface area contributed by atoms with Crippen molar-refractivity contribution in [2.24, 2.45) is 0 Å². The molecule has 1 fully saturated rings. The van der Waals surface area contributed by atoms with E-state index in [2.05, 4.69) is 8.75 Å². The Labute approximate surface area is 240 Å². The van der Waals surface area contributed by atoms with Crippen LogP contribution in [0.15, 0.2) is 48.5 Å². The van der Waals surface area contributed by atoms with Crippen molar-refractivity contribution in [1.82, 2.24) is 13.3 Å². The molecule has 3 aromatic carbocycles. The summed E-state index contributed by atoms with van der Waals surface area (Å²) in [5.74, 6) is 0.221. The SMILES string of the molecule is CCOC(=O)c1c(-c2ccc(OC)c(F)c2)c2cc(OC)c(OC3CCCC3)cc2n1Cc1ccc2nsnc2c1. The Bertz CT molecular complexity index is 1740. The zero-order valence-corrected chi connectivity index (χ0v) is 23.9. The molecule has 0 spiro atoms. The monoisotopic (exact) mass is 575 g/mol. The molecule has 2 heterocycles. The molecule has 0 atom stereocenters. The molecule has 10 heteroatoms. The van der Waals surface area contributed by atoms with Gasteiger partial charge < -0.3 is 23.5 Å². The normalized spacial score (nSPS) is 13.7. The second kappa shape index (κ2) is 11.4. The molecule has 1 saturated carbocycles. The van der Waals surface area contributed by atoms with Gasteiger partial charge in [0.25, 0.3) is 0 Å². The van der Waals surface area contributed by atoms with Crippen LogP contribution in [-0.2, 0) is 11.3 Å². The number of aromatic nitrogens is 3. The van der Waals surface area contributed by atoms with E-state index in [9.17, 15) is 4.79 Å². The maximum atomic E-state index is 15.0. The van der Waals surface area contributed by atoms with Crippen LogP contribution in [0.5, 0.6) is 17.2 Å². The van der Waals surface area contributed by atoms with Gasteiger partial charge in [-0.05, 0) is 74.1 Å². The van der Waals surface area contributed by atoms with Crippen LogP contribution >= 0.6 is 11.7 Å². The van der Waals surface area contributed by atoms with Crippen molar-refractivity contribution in [3.05, 3.63) is 65.6 Å². The molecule has 5 aromatic rings. The number of methoxy groups -OCH3 is 2. The molecule has 8 nitrogen and oxygen atoms in total. The highest BCUT2D eigenvalue weighted by molar-refractivity contribution is 7.00. The fraction of sp³-hybridized carbons (Fsp3) is 0.323. The quantitative estimate of drug-likeness (QED) is 0.175. The molecule has 0 bridgehead atoms. The molecule has 0 N–H and O–H groups in total. The second-order valence-electron chi connectivity index (χ2n) is 10.0. The van der Waals surface area contributed by atoms with Crippen LogP contribution < -0.4 is 14.2 Å². The van der Waals surface area contributed by atoms with Gasteiger partial charge >= 0.3 is 5.97 Å². The summed E-state index contributed by atoms with van der Waals surface area (Å²) < 4.78 is 48.5. The zero-order chi connectivity index (χ0) is 28.5. The van der Waals surface area contributed by atoms with Crippen LogP contribution in [0.3, 0.4) is 0 Å². The number of halogens is 1. The predicted molar refractivity (Wildman–Crippen MR) is 156 cm³/mol. The zero-order valence-electron chi connectivity index (χ0n) is 23.1. The third-order valence-electron chi connectivity index (χ3n) is 7.51. The molecule has 0 saturated heterocycles. The number of carbonyl (C=O) groups excluding carboxylic acids is 1. The van der Waals surface area contributed by atoms with E-state index in [0.717, 1.165) is 59.5 Å². The topological polar surface area (TPSA) is 84.7 Å². The van der Waals surface area contributed by atoms with Gasteiger partial charge in [-0.2, -0.15) is 8.75 Å². The number of rotatable bonds is 9. The highest BCUT2D eigenvalue weighted by Crippen LogP contribution is 2.43. The lowest BCUT2D eigenvalue weighted by Gasteiger charge is -2.17. The Hall–Kier alpha value is -4.18. The molecule has 6 rings (SSSR count). The molecular formula is C31H30FN3O5S. The van der Waals surface area contributed by atoms with Crippen molar-refractivity contribution in [3.8, 4) is 28.4 Å². The van der Waals surface area contributed by atoms with Gasteiger partial charge in [-0.25, -0.2) is 9.18 Å². The number of ether oxygens (including phenoxy) is 4. The van der Waals surface area contributed by atoms with Crippen molar-refractivity contribution in [3.63, 3.8) is 0 Å². The van der Waals surface area contributed by atoms with Crippen LogP contribution in [0.1, 0.15) is 48.7 Å². The summed E-state index contributed by atoms with van der Waals surface area (Å²) in [6.07, 6.45) is 4.31. The number of hydrogen-bond acceptors (Lipinski definition) is 8. The van der Waals surface area contributed by atoms with E-state index in [4.69, 9.17) is 18.9 Å². The third-order valence-corrected chi connectivity index (χ3v) is 8.07. The first-order valence-electron chi connectivity index (χ1n) is 13.6. The Morgan fingerprint density at radius 2 is 1.76 bits per heavy atom. The van der Waals surface area contributed by atoms with Crippen LogP contribution in [0.25, 0.3) is 33.1 Å².